The predicted octanol–water partition coefficient (Wildman–Crippen LogP) is 1.26. The SMILES string of the molecule is COC(=O)C[C@H]1C(=O)NCCN1CC(=O)N[C@@H](c1ccccc1)c1ccc(OC)cc1. The van der Waals surface area contributed by atoms with E-state index in [9.17, 15) is 14.4 Å². The second-order valence-electron chi connectivity index (χ2n) is 7.24. The van der Waals surface area contributed by atoms with Crippen molar-refractivity contribution in [3.63, 3.8) is 0 Å². The van der Waals surface area contributed by atoms with Crippen LogP contribution in [0.5, 0.6) is 5.75 Å². The largest absolute Gasteiger partial charge is 0.497 e. The maximum Gasteiger partial charge on any atom is 0.307 e. The van der Waals surface area contributed by atoms with Gasteiger partial charge < -0.3 is 20.1 Å². The molecule has 0 spiro atoms. The van der Waals surface area contributed by atoms with Gasteiger partial charge in [0.25, 0.3) is 0 Å². The van der Waals surface area contributed by atoms with Crippen molar-refractivity contribution in [3.05, 3.63) is 65.7 Å². The molecule has 0 bridgehead atoms. The fourth-order valence-electron chi connectivity index (χ4n) is 3.61. The lowest BCUT2D eigenvalue weighted by Gasteiger charge is -2.34. The molecule has 0 aliphatic carbocycles. The summed E-state index contributed by atoms with van der Waals surface area (Å²) < 4.78 is 9.93. The molecule has 1 aliphatic rings. The topological polar surface area (TPSA) is 97.0 Å². The Balaban J connectivity index is 1.76. The summed E-state index contributed by atoms with van der Waals surface area (Å²) in [5.74, 6) is -0.284. The van der Waals surface area contributed by atoms with E-state index in [1.807, 2.05) is 54.6 Å². The summed E-state index contributed by atoms with van der Waals surface area (Å²) in [6.45, 7) is 0.887. The summed E-state index contributed by atoms with van der Waals surface area (Å²) in [5.41, 5.74) is 1.84. The zero-order valence-electron chi connectivity index (χ0n) is 17.7. The van der Waals surface area contributed by atoms with Crippen LogP contribution in [0.4, 0.5) is 0 Å². The van der Waals surface area contributed by atoms with Crippen molar-refractivity contribution in [2.75, 3.05) is 33.9 Å². The predicted molar refractivity (Wildman–Crippen MR) is 114 cm³/mol. The molecule has 8 nitrogen and oxygen atoms in total. The van der Waals surface area contributed by atoms with Gasteiger partial charge in [-0.3, -0.25) is 19.3 Å². The highest BCUT2D eigenvalue weighted by Crippen LogP contribution is 2.24. The summed E-state index contributed by atoms with van der Waals surface area (Å²) in [7, 11) is 2.88. The average Bonchev–Trinajstić information content (AvgIpc) is 2.80. The third kappa shape index (κ3) is 5.82. The Morgan fingerprint density at radius 1 is 1.10 bits per heavy atom. The summed E-state index contributed by atoms with van der Waals surface area (Å²) in [5, 5.41) is 5.80. The Kier molecular flexibility index (Phi) is 7.61. The highest BCUT2D eigenvalue weighted by atomic mass is 16.5. The standard InChI is InChI=1S/C23H27N3O5/c1-30-18-10-8-17(9-11-18)22(16-6-4-3-5-7-16)25-20(27)15-26-13-12-24-23(29)19(26)14-21(28)31-2/h3-11,19,22H,12-15H2,1-2H3,(H,24,29)(H,25,27)/t19-,22-/m0/s1. The van der Waals surface area contributed by atoms with Crippen LogP contribution in [0.25, 0.3) is 0 Å². The quantitative estimate of drug-likeness (QED) is 0.619. The molecule has 0 saturated carbocycles. The number of nitrogens with zero attached hydrogens (tertiary/aromatic N) is 1. The molecule has 1 fully saturated rings. The number of benzene rings is 2. The van der Waals surface area contributed by atoms with E-state index in [-0.39, 0.29) is 30.8 Å². The lowest BCUT2D eigenvalue weighted by molar-refractivity contribution is -0.146. The van der Waals surface area contributed by atoms with Crippen molar-refractivity contribution in [2.45, 2.75) is 18.5 Å². The van der Waals surface area contributed by atoms with Gasteiger partial charge in [-0.2, -0.15) is 0 Å². The van der Waals surface area contributed by atoms with Crippen molar-refractivity contribution < 1.29 is 23.9 Å². The number of hydrogen-bond acceptors (Lipinski definition) is 6. The van der Waals surface area contributed by atoms with Crippen LogP contribution in [0.15, 0.2) is 54.6 Å². The molecule has 164 valence electrons. The van der Waals surface area contributed by atoms with Gasteiger partial charge >= 0.3 is 5.97 Å². The number of ether oxygens (including phenoxy) is 2. The van der Waals surface area contributed by atoms with Crippen LogP contribution in [0, 0.1) is 0 Å². The number of hydrogen-bond donors (Lipinski definition) is 2. The number of carbonyl (C=O) groups is 3. The van der Waals surface area contributed by atoms with Crippen molar-refractivity contribution in [1.82, 2.24) is 15.5 Å². The van der Waals surface area contributed by atoms with E-state index in [4.69, 9.17) is 9.47 Å². The van der Waals surface area contributed by atoms with Gasteiger partial charge in [0.1, 0.15) is 11.8 Å². The maximum absolute atomic E-state index is 13.0. The Bertz CT molecular complexity index is 901. The fraction of sp³-hybridized carbons (Fsp3) is 0.348. The summed E-state index contributed by atoms with van der Waals surface area (Å²) >= 11 is 0. The number of amides is 2. The molecule has 0 unspecified atom stereocenters. The molecule has 0 radical (unpaired) electrons. The van der Waals surface area contributed by atoms with Crippen LogP contribution in [0.1, 0.15) is 23.6 Å². The maximum atomic E-state index is 13.0. The second kappa shape index (κ2) is 10.6. The van der Waals surface area contributed by atoms with E-state index in [1.54, 1.807) is 12.0 Å². The fourth-order valence-corrected chi connectivity index (χ4v) is 3.61. The molecule has 0 aromatic heterocycles. The zero-order chi connectivity index (χ0) is 22.2. The highest BCUT2D eigenvalue weighted by Gasteiger charge is 2.33. The van der Waals surface area contributed by atoms with Crippen LogP contribution < -0.4 is 15.4 Å². The van der Waals surface area contributed by atoms with Gasteiger partial charge in [0.2, 0.25) is 11.8 Å². The third-order valence-electron chi connectivity index (χ3n) is 5.26. The van der Waals surface area contributed by atoms with Gasteiger partial charge in [0, 0.05) is 13.1 Å². The molecule has 31 heavy (non-hydrogen) atoms. The minimum absolute atomic E-state index is 0.00539. The Labute approximate surface area is 181 Å². The van der Waals surface area contributed by atoms with Crippen molar-refractivity contribution in [1.29, 1.82) is 0 Å². The molecule has 1 aliphatic heterocycles. The molecule has 8 heteroatoms. The van der Waals surface area contributed by atoms with Gasteiger partial charge in [-0.15, -0.1) is 0 Å². The van der Waals surface area contributed by atoms with Crippen LogP contribution in [-0.4, -0.2) is 62.6 Å². The average molecular weight is 425 g/mol. The Morgan fingerprint density at radius 2 is 1.77 bits per heavy atom. The lowest BCUT2D eigenvalue weighted by atomic mass is 9.98. The summed E-state index contributed by atoms with van der Waals surface area (Å²) in [6.07, 6.45) is -0.101. The van der Waals surface area contributed by atoms with Gasteiger partial charge in [-0.1, -0.05) is 42.5 Å². The first kappa shape index (κ1) is 22.3. The smallest absolute Gasteiger partial charge is 0.307 e. The molecule has 3 rings (SSSR count). The molecular formula is C23H27N3O5. The molecule has 2 N–H and O–H groups in total. The number of nitrogens with one attached hydrogen (secondary N) is 2. The molecule has 1 saturated heterocycles. The first-order chi connectivity index (χ1) is 15.0. The van der Waals surface area contributed by atoms with Crippen LogP contribution in [-0.2, 0) is 19.1 Å². The van der Waals surface area contributed by atoms with Gasteiger partial charge in [0.15, 0.2) is 0 Å². The van der Waals surface area contributed by atoms with Crippen molar-refractivity contribution >= 4 is 17.8 Å². The highest BCUT2D eigenvalue weighted by molar-refractivity contribution is 5.88. The Morgan fingerprint density at radius 3 is 2.42 bits per heavy atom. The summed E-state index contributed by atoms with van der Waals surface area (Å²) in [6, 6.07) is 16.1. The van der Waals surface area contributed by atoms with E-state index in [0.717, 1.165) is 16.9 Å². The van der Waals surface area contributed by atoms with E-state index < -0.39 is 12.0 Å². The zero-order valence-corrected chi connectivity index (χ0v) is 17.7. The first-order valence-corrected chi connectivity index (χ1v) is 10.1. The molecule has 2 aromatic rings. The minimum atomic E-state index is -0.733. The number of methoxy groups -OCH3 is 2. The monoisotopic (exact) mass is 425 g/mol. The van der Waals surface area contributed by atoms with Crippen LogP contribution in [0.2, 0.25) is 0 Å². The number of piperazine rings is 1. The van der Waals surface area contributed by atoms with E-state index in [2.05, 4.69) is 10.6 Å². The van der Waals surface area contributed by atoms with Gasteiger partial charge in [0.05, 0.1) is 33.2 Å². The lowest BCUT2D eigenvalue weighted by Crippen LogP contribution is -2.58. The second-order valence-corrected chi connectivity index (χ2v) is 7.24. The van der Waals surface area contributed by atoms with Crippen molar-refractivity contribution in [3.8, 4) is 5.75 Å². The van der Waals surface area contributed by atoms with Crippen LogP contribution in [0.3, 0.4) is 0 Å². The number of rotatable bonds is 8. The van der Waals surface area contributed by atoms with E-state index >= 15 is 0 Å². The van der Waals surface area contributed by atoms with Gasteiger partial charge in [-0.05, 0) is 23.3 Å². The molecular weight excluding hydrogens is 398 g/mol. The molecule has 2 atom stereocenters. The minimum Gasteiger partial charge on any atom is -0.497 e. The number of carbonyl (C=O) groups excluding carboxylic acids is 3. The molecule has 1 heterocycles. The normalized spacial score (nSPS) is 17.4. The third-order valence-corrected chi connectivity index (χ3v) is 5.26. The Hall–Kier alpha value is -3.39. The molecule has 2 aromatic carbocycles. The first-order valence-electron chi connectivity index (χ1n) is 10.1. The van der Waals surface area contributed by atoms with Crippen molar-refractivity contribution in [2.24, 2.45) is 0 Å². The van der Waals surface area contributed by atoms with Gasteiger partial charge in [-0.25, -0.2) is 0 Å². The molecule has 2 amide bonds. The van der Waals surface area contributed by atoms with E-state index in [0.29, 0.717) is 13.1 Å². The van der Waals surface area contributed by atoms with Crippen LogP contribution >= 0.6 is 0 Å². The summed E-state index contributed by atoms with van der Waals surface area (Å²) in [4.78, 5) is 38.7. The van der Waals surface area contributed by atoms with E-state index in [1.165, 1.54) is 7.11 Å². The number of esters is 1.